The van der Waals surface area contributed by atoms with Crippen LogP contribution in [0.4, 0.5) is 10.1 Å². The first-order valence-electron chi connectivity index (χ1n) is 6.58. The number of halogens is 1. The molecule has 0 saturated heterocycles. The molecule has 1 amide bonds. The van der Waals surface area contributed by atoms with Crippen LogP contribution in [0.2, 0.25) is 0 Å². The molecule has 5 nitrogen and oxygen atoms in total. The van der Waals surface area contributed by atoms with Gasteiger partial charge in [-0.1, -0.05) is 6.07 Å². The van der Waals surface area contributed by atoms with Crippen molar-refractivity contribution in [2.45, 2.75) is 6.92 Å². The molecule has 6 heteroatoms. The number of carbonyl (C=O) groups excluding carboxylic acids is 2. The number of aromatic hydroxyl groups is 1. The van der Waals surface area contributed by atoms with Crippen molar-refractivity contribution in [2.75, 3.05) is 11.9 Å². The van der Waals surface area contributed by atoms with Crippen LogP contribution >= 0.6 is 0 Å². The van der Waals surface area contributed by atoms with Crippen LogP contribution in [0.5, 0.6) is 5.75 Å². The fourth-order valence-corrected chi connectivity index (χ4v) is 1.82. The van der Waals surface area contributed by atoms with Crippen LogP contribution in [0.25, 0.3) is 0 Å². The summed E-state index contributed by atoms with van der Waals surface area (Å²) in [6.45, 7) is 1.81. The summed E-state index contributed by atoms with van der Waals surface area (Å²) in [5, 5.41) is 12.2. The van der Waals surface area contributed by atoms with Gasteiger partial charge in [0.05, 0.1) is 6.61 Å². The van der Waals surface area contributed by atoms with E-state index in [1.807, 2.05) is 0 Å². The Bertz CT molecular complexity index is 715. The summed E-state index contributed by atoms with van der Waals surface area (Å²) in [5.41, 5.74) is 0.375. The minimum atomic E-state index is -0.693. The number of esters is 1. The van der Waals surface area contributed by atoms with Gasteiger partial charge in [-0.3, -0.25) is 4.79 Å². The fourth-order valence-electron chi connectivity index (χ4n) is 1.82. The quantitative estimate of drug-likeness (QED) is 0.672. The topological polar surface area (TPSA) is 75.6 Å². The van der Waals surface area contributed by atoms with E-state index in [1.165, 1.54) is 36.4 Å². The Morgan fingerprint density at radius 2 is 2.00 bits per heavy atom. The van der Waals surface area contributed by atoms with Crippen LogP contribution in [-0.2, 0) is 4.74 Å². The summed E-state index contributed by atoms with van der Waals surface area (Å²) in [7, 11) is 0. The molecule has 0 atom stereocenters. The number of hydrogen-bond donors (Lipinski definition) is 2. The number of phenolic OH excluding ortho intramolecular Hbond substituents is 1. The molecule has 2 N–H and O–H groups in total. The Hall–Kier alpha value is -2.89. The summed E-state index contributed by atoms with van der Waals surface area (Å²) in [5.74, 6) is -1.99. The normalized spacial score (nSPS) is 10.1. The Morgan fingerprint density at radius 3 is 2.68 bits per heavy atom. The summed E-state index contributed by atoms with van der Waals surface area (Å²) in [6.07, 6.45) is 0. The van der Waals surface area contributed by atoms with Crippen molar-refractivity contribution < 1.29 is 23.8 Å². The predicted octanol–water partition coefficient (Wildman–Crippen LogP) is 2.96. The van der Waals surface area contributed by atoms with Gasteiger partial charge in [0, 0.05) is 11.3 Å². The van der Waals surface area contributed by atoms with E-state index in [0.29, 0.717) is 0 Å². The molecule has 0 aliphatic heterocycles. The first kappa shape index (κ1) is 15.5. The molecule has 2 aromatic carbocycles. The first-order valence-corrected chi connectivity index (χ1v) is 6.58. The molecular formula is C16H14FNO4. The van der Waals surface area contributed by atoms with Gasteiger partial charge < -0.3 is 15.2 Å². The van der Waals surface area contributed by atoms with Gasteiger partial charge in [-0.25, -0.2) is 9.18 Å². The minimum absolute atomic E-state index is 0.0566. The molecule has 0 spiro atoms. The molecule has 0 radical (unpaired) electrons. The Labute approximate surface area is 126 Å². The van der Waals surface area contributed by atoms with Gasteiger partial charge in [0.1, 0.15) is 17.1 Å². The van der Waals surface area contributed by atoms with Crippen LogP contribution < -0.4 is 5.32 Å². The molecule has 114 valence electrons. The van der Waals surface area contributed by atoms with E-state index < -0.39 is 17.7 Å². The zero-order valence-electron chi connectivity index (χ0n) is 11.8. The van der Waals surface area contributed by atoms with E-state index in [4.69, 9.17) is 4.74 Å². The number of nitrogens with one attached hydrogen (secondary N) is 1. The van der Waals surface area contributed by atoms with Crippen molar-refractivity contribution in [1.82, 2.24) is 0 Å². The molecule has 0 aromatic heterocycles. The highest BCUT2D eigenvalue weighted by Crippen LogP contribution is 2.23. The maximum atomic E-state index is 13.1. The number of hydrogen-bond acceptors (Lipinski definition) is 4. The Kier molecular flexibility index (Phi) is 4.73. The number of rotatable bonds is 4. The smallest absolute Gasteiger partial charge is 0.341 e. The second-order valence-electron chi connectivity index (χ2n) is 4.42. The average Bonchev–Trinajstić information content (AvgIpc) is 2.49. The maximum absolute atomic E-state index is 13.1. The van der Waals surface area contributed by atoms with E-state index in [2.05, 4.69) is 5.32 Å². The largest absolute Gasteiger partial charge is 0.507 e. The number of anilines is 1. The van der Waals surface area contributed by atoms with Gasteiger partial charge >= 0.3 is 5.97 Å². The minimum Gasteiger partial charge on any atom is -0.507 e. The van der Waals surface area contributed by atoms with E-state index >= 15 is 0 Å². The van der Waals surface area contributed by atoms with Gasteiger partial charge in [-0.15, -0.1) is 0 Å². The highest BCUT2D eigenvalue weighted by atomic mass is 19.1. The molecule has 0 saturated carbocycles. The molecule has 0 heterocycles. The predicted molar refractivity (Wildman–Crippen MR) is 78.4 cm³/mol. The van der Waals surface area contributed by atoms with Crippen molar-refractivity contribution in [2.24, 2.45) is 0 Å². The van der Waals surface area contributed by atoms with E-state index in [9.17, 15) is 19.1 Å². The summed E-state index contributed by atoms with van der Waals surface area (Å²) in [4.78, 5) is 23.7. The lowest BCUT2D eigenvalue weighted by Gasteiger charge is -2.09. The Morgan fingerprint density at radius 1 is 1.23 bits per heavy atom. The molecule has 0 unspecified atom stereocenters. The lowest BCUT2D eigenvalue weighted by Crippen LogP contribution is -2.13. The third kappa shape index (κ3) is 3.60. The van der Waals surface area contributed by atoms with Crippen LogP contribution in [-0.4, -0.2) is 23.6 Å². The van der Waals surface area contributed by atoms with Crippen molar-refractivity contribution >= 4 is 17.6 Å². The van der Waals surface area contributed by atoms with Crippen molar-refractivity contribution in [3.05, 3.63) is 59.4 Å². The zero-order valence-corrected chi connectivity index (χ0v) is 11.8. The first-order chi connectivity index (χ1) is 10.5. The monoisotopic (exact) mass is 303 g/mol. The molecule has 0 aliphatic rings. The molecular weight excluding hydrogens is 289 g/mol. The van der Waals surface area contributed by atoms with Gasteiger partial charge in [0.2, 0.25) is 0 Å². The third-order valence-corrected chi connectivity index (χ3v) is 2.84. The third-order valence-electron chi connectivity index (χ3n) is 2.84. The van der Waals surface area contributed by atoms with Crippen molar-refractivity contribution in [3.63, 3.8) is 0 Å². The van der Waals surface area contributed by atoms with Crippen molar-refractivity contribution in [1.29, 1.82) is 0 Å². The summed E-state index contributed by atoms with van der Waals surface area (Å²) in [6, 6.07) is 9.21. The molecule has 0 aliphatic carbocycles. The number of amides is 1. The molecule has 2 rings (SSSR count). The molecule has 2 aromatic rings. The van der Waals surface area contributed by atoms with Crippen LogP contribution in [0.3, 0.4) is 0 Å². The lowest BCUT2D eigenvalue weighted by molar-refractivity contribution is 0.0523. The average molecular weight is 303 g/mol. The SMILES string of the molecule is CCOC(=O)c1cc(NC(=O)c2cccc(F)c2)ccc1O. The zero-order chi connectivity index (χ0) is 16.1. The second kappa shape index (κ2) is 6.71. The summed E-state index contributed by atoms with van der Waals surface area (Å²) < 4.78 is 17.9. The van der Waals surface area contributed by atoms with Crippen LogP contribution in [0.15, 0.2) is 42.5 Å². The van der Waals surface area contributed by atoms with E-state index in [0.717, 1.165) is 6.07 Å². The standard InChI is InChI=1S/C16H14FNO4/c1-2-22-16(21)13-9-12(6-7-14(13)19)18-15(20)10-4-3-5-11(17)8-10/h3-9,19H,2H2,1H3,(H,18,20). The van der Waals surface area contributed by atoms with E-state index in [-0.39, 0.29) is 29.2 Å². The fraction of sp³-hybridized carbons (Fsp3) is 0.125. The molecule has 22 heavy (non-hydrogen) atoms. The van der Waals surface area contributed by atoms with Crippen LogP contribution in [0.1, 0.15) is 27.6 Å². The van der Waals surface area contributed by atoms with Gasteiger partial charge in [-0.2, -0.15) is 0 Å². The second-order valence-corrected chi connectivity index (χ2v) is 4.42. The number of carbonyl (C=O) groups is 2. The lowest BCUT2D eigenvalue weighted by atomic mass is 10.1. The van der Waals surface area contributed by atoms with Gasteiger partial charge in [-0.05, 0) is 43.3 Å². The summed E-state index contributed by atoms with van der Waals surface area (Å²) >= 11 is 0. The van der Waals surface area contributed by atoms with Gasteiger partial charge in [0.25, 0.3) is 5.91 Å². The number of phenols is 1. The maximum Gasteiger partial charge on any atom is 0.341 e. The highest BCUT2D eigenvalue weighted by Gasteiger charge is 2.14. The van der Waals surface area contributed by atoms with E-state index in [1.54, 1.807) is 6.92 Å². The van der Waals surface area contributed by atoms with Crippen molar-refractivity contribution in [3.8, 4) is 5.75 Å². The molecule has 0 fully saturated rings. The number of benzene rings is 2. The van der Waals surface area contributed by atoms with Gasteiger partial charge in [0.15, 0.2) is 0 Å². The molecule has 0 bridgehead atoms. The van der Waals surface area contributed by atoms with Crippen LogP contribution in [0, 0.1) is 5.82 Å². The Balaban J connectivity index is 2.21. The number of ether oxygens (including phenoxy) is 1. The highest BCUT2D eigenvalue weighted by molar-refractivity contribution is 6.05.